The van der Waals surface area contributed by atoms with E-state index in [1.54, 1.807) is 0 Å². The largest absolute Gasteiger partial charge is 1.00 e. The zero-order chi connectivity index (χ0) is 10.2. The van der Waals surface area contributed by atoms with Gasteiger partial charge in [-0.3, -0.25) is 0 Å². The molecule has 2 rings (SSSR count). The van der Waals surface area contributed by atoms with E-state index in [0.717, 1.165) is 4.48 Å². The van der Waals surface area contributed by atoms with E-state index >= 15 is 0 Å². The van der Waals surface area contributed by atoms with Gasteiger partial charge >= 0.3 is 0 Å². The van der Waals surface area contributed by atoms with Gasteiger partial charge in [-0.25, -0.2) is 4.57 Å². The Kier molecular flexibility index (Phi) is 3.90. The number of rotatable bonds is 1. The molecule has 0 saturated carbocycles. The van der Waals surface area contributed by atoms with Crippen molar-refractivity contribution in [2.45, 2.75) is 18.9 Å². The molecule has 1 saturated heterocycles. The molecule has 0 amide bonds. The van der Waals surface area contributed by atoms with Gasteiger partial charge in [-0.05, 0) is 6.07 Å². The normalized spacial score (nSPS) is 23.5. The summed E-state index contributed by atoms with van der Waals surface area (Å²) in [6.45, 7) is 1.31. The van der Waals surface area contributed by atoms with E-state index < -0.39 is 0 Å². The van der Waals surface area contributed by atoms with Gasteiger partial charge < -0.3 is 21.5 Å². The molecule has 15 heavy (non-hydrogen) atoms. The average molecular weight is 272 g/mol. The smallest absolute Gasteiger partial charge is 0.177 e. The first-order valence-corrected chi connectivity index (χ1v) is 5.37. The van der Waals surface area contributed by atoms with Crippen molar-refractivity contribution in [2.24, 2.45) is 7.05 Å². The van der Waals surface area contributed by atoms with Crippen LogP contribution < -0.4 is 21.5 Å². The zero-order valence-corrected chi connectivity index (χ0v) is 11.4. The van der Waals surface area contributed by atoms with Gasteiger partial charge in [-0.2, -0.15) is 0 Å². The van der Waals surface area contributed by atoms with Gasteiger partial charge in [0.15, 0.2) is 12.4 Å². The van der Waals surface area contributed by atoms with E-state index in [1.807, 2.05) is 0 Å². The number of nitrogens with zero attached hydrogens (tertiary/aromatic N) is 2. The molecular weight excluding hydrogens is 252 g/mol. The minimum Gasteiger partial charge on any atom is -1.00 e. The first-order valence-electron chi connectivity index (χ1n) is 5.37. The number of quaternary nitrogens is 1. The third kappa shape index (κ3) is 2.58. The fourth-order valence-electron chi connectivity index (χ4n) is 2.58. The van der Waals surface area contributed by atoms with Crippen molar-refractivity contribution < 1.29 is 26.0 Å². The lowest BCUT2D eigenvalue weighted by atomic mass is 10.1. The Morgan fingerprint density at radius 2 is 2.13 bits per heavy atom. The summed E-state index contributed by atoms with van der Waals surface area (Å²) in [5.41, 5.74) is 1.48. The van der Waals surface area contributed by atoms with E-state index in [9.17, 15) is 0 Å². The minimum atomic E-state index is 0. The van der Waals surface area contributed by atoms with Crippen LogP contribution in [-0.2, 0) is 7.05 Å². The molecule has 3 heteroatoms. The van der Waals surface area contributed by atoms with Crippen LogP contribution in [0.15, 0.2) is 24.5 Å². The van der Waals surface area contributed by atoms with Gasteiger partial charge in [0.2, 0.25) is 0 Å². The maximum atomic E-state index is 2.34. The zero-order valence-electron chi connectivity index (χ0n) is 9.78. The SMILES string of the molecule is C[n+]1cccc([C@@H]2CCC[N+]2(C)C)c1.[Br-]. The molecule has 1 aliphatic rings. The van der Waals surface area contributed by atoms with E-state index in [2.05, 4.69) is 50.2 Å². The summed E-state index contributed by atoms with van der Waals surface area (Å²) >= 11 is 0. The molecule has 1 aromatic rings. The molecule has 0 N–H and O–H groups in total. The summed E-state index contributed by atoms with van der Waals surface area (Å²) in [4.78, 5) is 0. The molecule has 2 nitrogen and oxygen atoms in total. The second kappa shape index (κ2) is 4.62. The summed E-state index contributed by atoms with van der Waals surface area (Å²) in [6.07, 6.45) is 7.04. The number of hydrogen-bond donors (Lipinski definition) is 0. The Balaban J connectivity index is 0.00000112. The molecule has 2 heterocycles. The fraction of sp³-hybridized carbons (Fsp3) is 0.583. The van der Waals surface area contributed by atoms with Gasteiger partial charge in [-0.15, -0.1) is 0 Å². The van der Waals surface area contributed by atoms with Gasteiger partial charge in [-0.1, -0.05) is 0 Å². The maximum Gasteiger partial charge on any atom is 0.177 e. The lowest BCUT2D eigenvalue weighted by molar-refractivity contribution is -0.908. The van der Waals surface area contributed by atoms with Crippen molar-refractivity contribution in [1.29, 1.82) is 0 Å². The van der Waals surface area contributed by atoms with Crippen LogP contribution in [0.1, 0.15) is 24.4 Å². The highest BCUT2D eigenvalue weighted by molar-refractivity contribution is 5.10. The standard InChI is InChI=1S/C12H20N2.BrH/c1-13-8-4-6-11(10-13)12-7-5-9-14(12,2)3;/h4,6,8,10,12H,5,7,9H2,1-3H3;1H/q+2;/p-1/t12-;/m0./s1. The van der Waals surface area contributed by atoms with Gasteiger partial charge in [0.25, 0.3) is 0 Å². The van der Waals surface area contributed by atoms with Crippen molar-refractivity contribution >= 4 is 0 Å². The molecule has 1 atom stereocenters. The molecule has 0 aliphatic carbocycles. The highest BCUT2D eigenvalue weighted by Crippen LogP contribution is 2.34. The van der Waals surface area contributed by atoms with E-state index in [1.165, 1.54) is 24.9 Å². The van der Waals surface area contributed by atoms with Crippen LogP contribution in [0.25, 0.3) is 0 Å². The first kappa shape index (κ1) is 12.7. The number of pyridine rings is 1. The molecular formula is C12H20BrN2+. The van der Waals surface area contributed by atoms with Crippen molar-refractivity contribution in [3.05, 3.63) is 30.1 Å². The molecule has 0 unspecified atom stereocenters. The third-order valence-electron chi connectivity index (χ3n) is 3.40. The van der Waals surface area contributed by atoms with Crippen LogP contribution in [0, 0.1) is 0 Å². The average Bonchev–Trinajstić information content (AvgIpc) is 2.45. The number of halogens is 1. The topological polar surface area (TPSA) is 3.88 Å². The number of aromatic nitrogens is 1. The van der Waals surface area contributed by atoms with Crippen molar-refractivity contribution in [2.75, 3.05) is 20.6 Å². The van der Waals surface area contributed by atoms with Crippen LogP contribution in [-0.4, -0.2) is 25.1 Å². The second-order valence-corrected chi connectivity index (χ2v) is 4.96. The number of likely N-dealkylation sites (tertiary alicyclic amines) is 1. The lowest BCUT2D eigenvalue weighted by Crippen LogP contribution is -3.00. The van der Waals surface area contributed by atoms with E-state index in [-0.39, 0.29) is 17.0 Å². The number of hydrogen-bond acceptors (Lipinski definition) is 0. The molecule has 1 aliphatic heterocycles. The molecule has 84 valence electrons. The fourth-order valence-corrected chi connectivity index (χ4v) is 2.58. The van der Waals surface area contributed by atoms with Crippen molar-refractivity contribution in [1.82, 2.24) is 0 Å². The Morgan fingerprint density at radius 3 is 2.67 bits per heavy atom. The van der Waals surface area contributed by atoms with Gasteiger partial charge in [0, 0.05) is 18.9 Å². The summed E-state index contributed by atoms with van der Waals surface area (Å²) in [6, 6.07) is 5.10. The highest BCUT2D eigenvalue weighted by Gasteiger charge is 2.36. The van der Waals surface area contributed by atoms with Crippen LogP contribution in [0.2, 0.25) is 0 Å². The Bertz CT molecular complexity index is 336. The lowest BCUT2D eigenvalue weighted by Gasteiger charge is -2.31. The van der Waals surface area contributed by atoms with Crippen LogP contribution in [0.4, 0.5) is 0 Å². The second-order valence-electron chi connectivity index (χ2n) is 4.96. The quantitative estimate of drug-likeness (QED) is 0.429. The van der Waals surface area contributed by atoms with Crippen molar-refractivity contribution in [3.63, 3.8) is 0 Å². The molecule has 0 bridgehead atoms. The molecule has 0 spiro atoms. The maximum absolute atomic E-state index is 2.34. The third-order valence-corrected chi connectivity index (χ3v) is 3.40. The van der Waals surface area contributed by atoms with Crippen LogP contribution in [0.3, 0.4) is 0 Å². The Morgan fingerprint density at radius 1 is 1.40 bits per heavy atom. The summed E-state index contributed by atoms with van der Waals surface area (Å²) in [7, 11) is 6.77. The summed E-state index contributed by atoms with van der Waals surface area (Å²) in [5.74, 6) is 0. The number of aryl methyl sites for hydroxylation is 1. The van der Waals surface area contributed by atoms with Gasteiger partial charge in [0.1, 0.15) is 13.1 Å². The predicted molar refractivity (Wildman–Crippen MR) is 56.6 cm³/mol. The van der Waals surface area contributed by atoms with Gasteiger partial charge in [0.05, 0.1) is 26.2 Å². The van der Waals surface area contributed by atoms with Crippen LogP contribution >= 0.6 is 0 Å². The monoisotopic (exact) mass is 271 g/mol. The predicted octanol–water partition coefficient (Wildman–Crippen LogP) is -1.57. The minimum absolute atomic E-state index is 0. The molecule has 1 aromatic heterocycles. The highest BCUT2D eigenvalue weighted by atomic mass is 79.9. The van der Waals surface area contributed by atoms with Crippen LogP contribution in [0.5, 0.6) is 0 Å². The molecule has 0 aromatic carbocycles. The van der Waals surface area contributed by atoms with E-state index in [0.29, 0.717) is 6.04 Å². The summed E-state index contributed by atoms with van der Waals surface area (Å²) in [5, 5.41) is 0. The Labute approximate surface area is 103 Å². The van der Waals surface area contributed by atoms with Crippen molar-refractivity contribution in [3.8, 4) is 0 Å². The molecule has 0 radical (unpaired) electrons. The summed E-state index contributed by atoms with van der Waals surface area (Å²) < 4.78 is 3.29. The molecule has 1 fully saturated rings. The van der Waals surface area contributed by atoms with E-state index in [4.69, 9.17) is 0 Å². The first-order chi connectivity index (χ1) is 6.59. The Hall–Kier alpha value is -0.410.